The Kier molecular flexibility index (Phi) is 3.64. The number of carbonyl (C=O) groups is 2. The minimum Gasteiger partial charge on any atom is -0.352 e. The fourth-order valence-corrected chi connectivity index (χ4v) is 2.82. The number of para-hydroxylation sites is 1. The molecule has 116 valence electrons. The van der Waals surface area contributed by atoms with Crippen molar-refractivity contribution in [2.75, 3.05) is 7.11 Å². The zero-order valence-corrected chi connectivity index (χ0v) is 13.6. The van der Waals surface area contributed by atoms with Crippen LogP contribution in [0, 0.1) is 0 Å². The molecule has 2 N–H and O–H groups in total. The van der Waals surface area contributed by atoms with Gasteiger partial charge in [0, 0.05) is 24.4 Å². The molecule has 1 unspecified atom stereocenters. The second-order valence-corrected chi connectivity index (χ2v) is 7.29. The Hall–Kier alpha value is -1.27. The Labute approximate surface area is 140 Å². The largest absolute Gasteiger partial charge is 0.352 e. The molecule has 1 aliphatic rings. The number of amides is 1. The summed E-state index contributed by atoms with van der Waals surface area (Å²) < 4.78 is 3.11. The van der Waals surface area contributed by atoms with Crippen LogP contribution in [0.15, 0.2) is 24.3 Å². The molecule has 0 bridgehead atoms. The maximum absolute atomic E-state index is 12.7. The lowest BCUT2D eigenvalue weighted by Gasteiger charge is -2.28. The van der Waals surface area contributed by atoms with Crippen molar-refractivity contribution in [2.45, 2.75) is 15.9 Å². The summed E-state index contributed by atoms with van der Waals surface area (Å²) in [7, 11) is 1.32. The first-order valence-corrected chi connectivity index (χ1v) is 7.51. The summed E-state index contributed by atoms with van der Waals surface area (Å²) in [6, 6.07) is 7.50. The van der Waals surface area contributed by atoms with Crippen LogP contribution in [0.25, 0.3) is 10.9 Å². The van der Waals surface area contributed by atoms with E-state index in [4.69, 9.17) is 39.5 Å². The lowest BCUT2D eigenvalue weighted by Crippen LogP contribution is -2.57. The van der Waals surface area contributed by atoms with Crippen molar-refractivity contribution in [3.05, 3.63) is 35.5 Å². The number of ketones is 1. The third-order valence-corrected chi connectivity index (χ3v) is 4.27. The van der Waals surface area contributed by atoms with Crippen LogP contribution in [0.2, 0.25) is 0 Å². The van der Waals surface area contributed by atoms with Crippen LogP contribution in [-0.2, 0) is 16.0 Å². The van der Waals surface area contributed by atoms with Gasteiger partial charge in [-0.2, -0.15) is 0 Å². The molecule has 1 aliphatic carbocycles. The second-order valence-electron chi connectivity index (χ2n) is 5.01. The van der Waals surface area contributed by atoms with Gasteiger partial charge in [-0.15, -0.1) is 0 Å². The van der Waals surface area contributed by atoms with E-state index in [1.807, 2.05) is 24.3 Å². The molecule has 0 spiro atoms. The topological polar surface area (TPSA) is 71.2 Å². The molecule has 3 rings (SSSR count). The summed E-state index contributed by atoms with van der Waals surface area (Å²) in [4.78, 5) is 27.6. The van der Waals surface area contributed by atoms with Crippen molar-refractivity contribution >= 4 is 57.4 Å². The molecular formula is C14H11Cl3N2O3. The molecule has 0 fully saturated rings. The number of aromatic amines is 1. The van der Waals surface area contributed by atoms with Gasteiger partial charge in [0.25, 0.3) is 9.70 Å². The zero-order valence-electron chi connectivity index (χ0n) is 11.4. The van der Waals surface area contributed by atoms with Crippen molar-refractivity contribution in [1.29, 1.82) is 0 Å². The Bertz CT molecular complexity index is 781. The van der Waals surface area contributed by atoms with Gasteiger partial charge in [-0.3, -0.25) is 9.59 Å². The molecule has 1 heterocycles. The number of halogens is 3. The fourth-order valence-electron chi connectivity index (χ4n) is 2.68. The summed E-state index contributed by atoms with van der Waals surface area (Å²) in [5, 5.41) is 3.30. The van der Waals surface area contributed by atoms with E-state index in [-0.39, 0.29) is 6.42 Å². The number of Topliss-reactive ketones (excluding diaryl/α,β-unsaturated/α-hetero) is 1. The molecule has 1 aromatic carbocycles. The smallest absolute Gasteiger partial charge is 0.274 e. The van der Waals surface area contributed by atoms with Crippen LogP contribution < -0.4 is 5.32 Å². The van der Waals surface area contributed by atoms with Gasteiger partial charge in [-0.1, -0.05) is 53.0 Å². The van der Waals surface area contributed by atoms with Gasteiger partial charge in [0.05, 0.1) is 5.69 Å². The Morgan fingerprint density at radius 3 is 2.68 bits per heavy atom. The first-order chi connectivity index (χ1) is 10.3. The highest BCUT2D eigenvalue weighted by Crippen LogP contribution is 2.37. The van der Waals surface area contributed by atoms with E-state index in [9.17, 15) is 9.59 Å². The van der Waals surface area contributed by atoms with Crippen LogP contribution in [0.4, 0.5) is 0 Å². The summed E-state index contributed by atoms with van der Waals surface area (Å²) in [5.74, 6) is -1.31. The second kappa shape index (κ2) is 5.13. The fraction of sp³-hybridized carbons (Fsp3) is 0.286. The number of benzene rings is 1. The normalized spacial score (nSPS) is 21.2. The number of hydrogen-bond acceptors (Lipinski definition) is 3. The van der Waals surface area contributed by atoms with Crippen molar-refractivity contribution < 1.29 is 14.3 Å². The van der Waals surface area contributed by atoms with E-state index in [1.165, 1.54) is 7.11 Å². The monoisotopic (exact) mass is 360 g/mol. The van der Waals surface area contributed by atoms with Crippen molar-refractivity contribution in [3.8, 4) is 0 Å². The van der Waals surface area contributed by atoms with Gasteiger partial charge in [0.15, 0.2) is 0 Å². The Morgan fingerprint density at radius 2 is 2.05 bits per heavy atom. The van der Waals surface area contributed by atoms with Gasteiger partial charge in [0.2, 0.25) is 11.5 Å². The molecule has 0 aliphatic heterocycles. The maximum Gasteiger partial charge on any atom is 0.274 e. The number of hydrogen-bond donors (Lipinski definition) is 2. The predicted octanol–water partition coefficient (Wildman–Crippen LogP) is 2.74. The molecule has 1 atom stereocenters. The third kappa shape index (κ3) is 2.29. The lowest BCUT2D eigenvalue weighted by atomic mass is 10.1. The van der Waals surface area contributed by atoms with Gasteiger partial charge in [-0.05, 0) is 11.6 Å². The standard InChI is InChI=1S/C14H11Cl3N2O3/c1-22-13(19-12(21)14(15,16)17)6-8-7-4-2-3-5-9(7)18-10(8)11(13)20/h2-5,18H,6H2,1H3,(H,19,21). The number of rotatable bonds is 2. The molecule has 0 saturated heterocycles. The van der Waals surface area contributed by atoms with Crippen LogP contribution >= 0.6 is 34.8 Å². The minimum atomic E-state index is -2.18. The number of alkyl halides is 3. The first-order valence-electron chi connectivity index (χ1n) is 6.37. The van der Waals surface area contributed by atoms with Gasteiger partial charge < -0.3 is 15.0 Å². The summed E-state index contributed by atoms with van der Waals surface area (Å²) >= 11 is 16.7. The highest BCUT2D eigenvalue weighted by atomic mass is 35.6. The Morgan fingerprint density at radius 1 is 1.36 bits per heavy atom. The van der Waals surface area contributed by atoms with Crippen LogP contribution in [0.1, 0.15) is 16.1 Å². The maximum atomic E-state index is 12.7. The SMILES string of the molecule is COC1(NC(=O)C(Cl)(Cl)Cl)Cc2c([nH]c3ccccc23)C1=O. The van der Waals surface area contributed by atoms with Crippen molar-refractivity contribution in [1.82, 2.24) is 10.3 Å². The number of aromatic nitrogens is 1. The summed E-state index contributed by atoms with van der Waals surface area (Å²) in [5.41, 5.74) is 0.449. The lowest BCUT2D eigenvalue weighted by molar-refractivity contribution is -0.127. The number of ether oxygens (including phenoxy) is 1. The Balaban J connectivity index is 2.02. The number of nitrogens with one attached hydrogen (secondary N) is 2. The molecule has 1 amide bonds. The third-order valence-electron chi connectivity index (χ3n) is 3.75. The van der Waals surface area contributed by atoms with E-state index in [0.717, 1.165) is 16.5 Å². The average molecular weight is 362 g/mol. The molecule has 8 heteroatoms. The van der Waals surface area contributed by atoms with E-state index in [1.54, 1.807) is 0 Å². The zero-order chi connectivity index (χ0) is 16.1. The molecule has 2 aromatic rings. The predicted molar refractivity (Wildman–Crippen MR) is 84.5 cm³/mol. The van der Waals surface area contributed by atoms with Crippen LogP contribution in [-0.4, -0.2) is 33.3 Å². The highest BCUT2D eigenvalue weighted by molar-refractivity contribution is 6.76. The summed E-state index contributed by atoms with van der Waals surface area (Å²) in [6.07, 6.45) is 0.161. The highest BCUT2D eigenvalue weighted by Gasteiger charge is 2.51. The first kappa shape index (κ1) is 15.6. The molecule has 5 nitrogen and oxygen atoms in total. The molecule has 1 aromatic heterocycles. The van der Waals surface area contributed by atoms with Gasteiger partial charge in [0.1, 0.15) is 0 Å². The van der Waals surface area contributed by atoms with Crippen LogP contribution in [0.3, 0.4) is 0 Å². The number of carbonyl (C=O) groups excluding carboxylic acids is 2. The quantitative estimate of drug-likeness (QED) is 0.638. The molecule has 22 heavy (non-hydrogen) atoms. The number of fused-ring (bicyclic) bond motifs is 3. The number of H-pyrrole nitrogens is 1. The van der Waals surface area contributed by atoms with Crippen molar-refractivity contribution in [3.63, 3.8) is 0 Å². The van der Waals surface area contributed by atoms with E-state index in [0.29, 0.717) is 5.69 Å². The minimum absolute atomic E-state index is 0.161. The molecule has 0 radical (unpaired) electrons. The van der Waals surface area contributed by atoms with E-state index in [2.05, 4.69) is 10.3 Å². The molecule has 0 saturated carbocycles. The van der Waals surface area contributed by atoms with Gasteiger partial charge in [-0.25, -0.2) is 0 Å². The average Bonchev–Trinajstić information content (AvgIpc) is 2.94. The summed E-state index contributed by atoms with van der Waals surface area (Å²) in [6.45, 7) is 0. The van der Waals surface area contributed by atoms with Gasteiger partial charge >= 0.3 is 0 Å². The molecular weight excluding hydrogens is 351 g/mol. The van der Waals surface area contributed by atoms with Crippen molar-refractivity contribution in [2.24, 2.45) is 0 Å². The van der Waals surface area contributed by atoms with E-state index >= 15 is 0 Å². The van der Waals surface area contributed by atoms with E-state index < -0.39 is 21.2 Å². The van der Waals surface area contributed by atoms with Crippen LogP contribution in [0.5, 0.6) is 0 Å². The number of methoxy groups -OCH3 is 1.